The molecule has 1 aromatic carbocycles. The second-order valence-electron chi connectivity index (χ2n) is 3.55. The molecule has 0 radical (unpaired) electrons. The molecular weight excluding hydrogens is 259 g/mol. The van der Waals surface area contributed by atoms with E-state index in [1.807, 2.05) is 0 Å². The monoisotopic (exact) mass is 270 g/mol. The predicted octanol–water partition coefficient (Wildman–Crippen LogP) is 0.829. The van der Waals surface area contributed by atoms with E-state index >= 15 is 0 Å². The Labute approximate surface area is 107 Å². The number of rotatable bonds is 5. The Morgan fingerprint density at radius 1 is 1.11 bits per heavy atom. The fourth-order valence-electron chi connectivity index (χ4n) is 1.28. The van der Waals surface area contributed by atoms with Crippen LogP contribution in [0, 0.1) is 5.82 Å². The molecule has 2 amide bonds. The summed E-state index contributed by atoms with van der Waals surface area (Å²) in [6.45, 7) is -1.60. The van der Waals surface area contributed by atoms with Gasteiger partial charge >= 0.3 is 18.0 Å². The number of nitrogens with zero attached hydrogens (tertiary/aromatic N) is 1. The van der Waals surface area contributed by atoms with E-state index < -0.39 is 36.9 Å². The van der Waals surface area contributed by atoms with E-state index in [2.05, 4.69) is 5.32 Å². The lowest BCUT2D eigenvalue weighted by Crippen LogP contribution is -2.42. The molecule has 0 heterocycles. The van der Waals surface area contributed by atoms with E-state index in [1.165, 1.54) is 18.2 Å². The van der Waals surface area contributed by atoms with Crippen LogP contribution in [0.25, 0.3) is 0 Å². The average Bonchev–Trinajstić information content (AvgIpc) is 2.30. The number of halogens is 1. The Balaban J connectivity index is 2.79. The number of hydrogen-bond donors (Lipinski definition) is 3. The summed E-state index contributed by atoms with van der Waals surface area (Å²) in [4.78, 5) is 33.2. The first-order valence-corrected chi connectivity index (χ1v) is 5.14. The SMILES string of the molecule is O=C(O)CN(CC(=O)O)C(=O)Nc1ccccc1F. The van der Waals surface area contributed by atoms with Crippen LogP contribution in [-0.4, -0.2) is 46.2 Å². The first-order valence-electron chi connectivity index (χ1n) is 5.14. The summed E-state index contributed by atoms with van der Waals surface area (Å²) in [7, 11) is 0. The number of carbonyl (C=O) groups excluding carboxylic acids is 1. The lowest BCUT2D eigenvalue weighted by Gasteiger charge is -2.19. The van der Waals surface area contributed by atoms with Crippen LogP contribution in [0.15, 0.2) is 24.3 Å². The Kier molecular flexibility index (Phi) is 4.81. The van der Waals surface area contributed by atoms with Crippen molar-refractivity contribution in [3.63, 3.8) is 0 Å². The number of amides is 2. The van der Waals surface area contributed by atoms with Gasteiger partial charge in [-0.15, -0.1) is 0 Å². The van der Waals surface area contributed by atoms with Crippen LogP contribution < -0.4 is 5.32 Å². The third-order valence-electron chi connectivity index (χ3n) is 2.05. The summed E-state index contributed by atoms with van der Waals surface area (Å²) in [6, 6.07) is 4.26. The molecule has 0 saturated heterocycles. The van der Waals surface area contributed by atoms with Crippen molar-refractivity contribution in [2.45, 2.75) is 0 Å². The predicted molar refractivity (Wildman–Crippen MR) is 62.3 cm³/mol. The van der Waals surface area contributed by atoms with Gasteiger partial charge in [0.25, 0.3) is 0 Å². The van der Waals surface area contributed by atoms with Gasteiger partial charge in [0, 0.05) is 0 Å². The average molecular weight is 270 g/mol. The first kappa shape index (κ1) is 14.4. The van der Waals surface area contributed by atoms with Crippen LogP contribution in [0.5, 0.6) is 0 Å². The normalized spacial score (nSPS) is 9.74. The van der Waals surface area contributed by atoms with Crippen molar-refractivity contribution in [1.82, 2.24) is 4.90 Å². The molecule has 102 valence electrons. The molecule has 1 aromatic rings. The van der Waals surface area contributed by atoms with Gasteiger partial charge in [0.05, 0.1) is 5.69 Å². The van der Waals surface area contributed by atoms with Crippen molar-refractivity contribution >= 4 is 23.7 Å². The minimum Gasteiger partial charge on any atom is -0.480 e. The Hall–Kier alpha value is -2.64. The summed E-state index contributed by atoms with van der Waals surface area (Å²) in [6.07, 6.45) is 0. The highest BCUT2D eigenvalue weighted by Crippen LogP contribution is 2.13. The van der Waals surface area contributed by atoms with Crippen molar-refractivity contribution in [2.24, 2.45) is 0 Å². The van der Waals surface area contributed by atoms with Gasteiger partial charge in [-0.25, -0.2) is 9.18 Å². The molecule has 0 aliphatic rings. The van der Waals surface area contributed by atoms with Gasteiger partial charge in [-0.1, -0.05) is 12.1 Å². The van der Waals surface area contributed by atoms with Crippen LogP contribution in [0.4, 0.5) is 14.9 Å². The van der Waals surface area contributed by atoms with Crippen molar-refractivity contribution in [3.8, 4) is 0 Å². The maximum Gasteiger partial charge on any atom is 0.323 e. The second-order valence-corrected chi connectivity index (χ2v) is 3.55. The number of hydrogen-bond acceptors (Lipinski definition) is 3. The Morgan fingerprint density at radius 2 is 1.63 bits per heavy atom. The smallest absolute Gasteiger partial charge is 0.323 e. The van der Waals surface area contributed by atoms with E-state index in [-0.39, 0.29) is 5.69 Å². The molecule has 7 nitrogen and oxygen atoms in total. The summed E-state index contributed by atoms with van der Waals surface area (Å²) in [5, 5.41) is 19.3. The van der Waals surface area contributed by atoms with E-state index in [9.17, 15) is 18.8 Å². The Morgan fingerprint density at radius 3 is 2.11 bits per heavy atom. The number of aliphatic carboxylic acids is 2. The van der Waals surface area contributed by atoms with E-state index in [0.717, 1.165) is 6.07 Å². The van der Waals surface area contributed by atoms with Crippen LogP contribution in [-0.2, 0) is 9.59 Å². The van der Waals surface area contributed by atoms with Crippen LogP contribution in [0.3, 0.4) is 0 Å². The van der Waals surface area contributed by atoms with Crippen molar-refractivity contribution < 1.29 is 29.0 Å². The zero-order chi connectivity index (χ0) is 14.4. The summed E-state index contributed by atoms with van der Waals surface area (Å²) in [5.41, 5.74) is -0.159. The molecular formula is C11H11FN2O5. The number of nitrogens with one attached hydrogen (secondary N) is 1. The lowest BCUT2D eigenvalue weighted by atomic mass is 10.3. The van der Waals surface area contributed by atoms with E-state index in [4.69, 9.17) is 10.2 Å². The highest BCUT2D eigenvalue weighted by Gasteiger charge is 2.20. The molecule has 0 aromatic heterocycles. The summed E-state index contributed by atoms with van der Waals surface area (Å²) < 4.78 is 13.3. The van der Waals surface area contributed by atoms with Crippen LogP contribution >= 0.6 is 0 Å². The van der Waals surface area contributed by atoms with Gasteiger partial charge in [0.1, 0.15) is 18.9 Å². The minimum atomic E-state index is -1.37. The zero-order valence-electron chi connectivity index (χ0n) is 9.67. The number of benzene rings is 1. The van der Waals surface area contributed by atoms with Gasteiger partial charge in [0.15, 0.2) is 0 Å². The van der Waals surface area contributed by atoms with E-state index in [0.29, 0.717) is 4.90 Å². The topological polar surface area (TPSA) is 107 Å². The van der Waals surface area contributed by atoms with Gasteiger partial charge in [-0.2, -0.15) is 0 Å². The van der Waals surface area contributed by atoms with Crippen molar-refractivity contribution in [3.05, 3.63) is 30.1 Å². The molecule has 0 atom stereocenters. The molecule has 0 unspecified atom stereocenters. The van der Waals surface area contributed by atoms with Crippen LogP contribution in [0.2, 0.25) is 0 Å². The number of carbonyl (C=O) groups is 3. The van der Waals surface area contributed by atoms with Crippen molar-refractivity contribution in [1.29, 1.82) is 0 Å². The van der Waals surface area contributed by atoms with Crippen LogP contribution in [0.1, 0.15) is 0 Å². The first-order chi connectivity index (χ1) is 8.90. The van der Waals surface area contributed by atoms with E-state index in [1.54, 1.807) is 0 Å². The fraction of sp³-hybridized carbons (Fsp3) is 0.182. The number of carboxylic acids is 2. The van der Waals surface area contributed by atoms with Gasteiger partial charge < -0.3 is 20.4 Å². The molecule has 1 rings (SSSR count). The highest BCUT2D eigenvalue weighted by atomic mass is 19.1. The quantitative estimate of drug-likeness (QED) is 0.734. The largest absolute Gasteiger partial charge is 0.480 e. The lowest BCUT2D eigenvalue weighted by molar-refractivity contribution is -0.140. The third kappa shape index (κ3) is 4.62. The molecule has 0 saturated carbocycles. The number of urea groups is 1. The third-order valence-corrected chi connectivity index (χ3v) is 2.05. The molecule has 8 heteroatoms. The molecule has 0 bridgehead atoms. The molecule has 0 aliphatic carbocycles. The minimum absolute atomic E-state index is 0.159. The fourth-order valence-corrected chi connectivity index (χ4v) is 1.28. The van der Waals surface area contributed by atoms with Crippen molar-refractivity contribution in [2.75, 3.05) is 18.4 Å². The molecule has 0 spiro atoms. The zero-order valence-corrected chi connectivity index (χ0v) is 9.67. The second kappa shape index (κ2) is 6.34. The number of anilines is 1. The standard InChI is InChI=1S/C11H11FN2O5/c12-7-3-1-2-4-8(7)13-11(19)14(5-9(15)16)6-10(17)18/h1-4H,5-6H2,(H,13,19)(H,15,16)(H,17,18). The molecule has 3 N–H and O–H groups in total. The molecule has 0 aliphatic heterocycles. The summed E-state index contributed by atoms with van der Waals surface area (Å²) >= 11 is 0. The Bertz CT molecular complexity index is 490. The number of carboxylic acid groups (broad SMARTS) is 2. The molecule has 0 fully saturated rings. The van der Waals surface area contributed by atoms with Gasteiger partial charge in [0.2, 0.25) is 0 Å². The summed E-state index contributed by atoms with van der Waals surface area (Å²) in [5.74, 6) is -3.45. The molecule has 19 heavy (non-hydrogen) atoms. The van der Waals surface area contributed by atoms with Gasteiger partial charge in [-0.05, 0) is 12.1 Å². The maximum atomic E-state index is 13.3. The highest BCUT2D eigenvalue weighted by molar-refractivity contribution is 5.93. The number of para-hydroxylation sites is 1. The van der Waals surface area contributed by atoms with Gasteiger partial charge in [-0.3, -0.25) is 9.59 Å². The maximum absolute atomic E-state index is 13.3.